The Bertz CT molecular complexity index is 557. The summed E-state index contributed by atoms with van der Waals surface area (Å²) in [4.78, 5) is 11.1. The van der Waals surface area contributed by atoms with Crippen molar-refractivity contribution in [3.05, 3.63) is 33.9 Å². The summed E-state index contributed by atoms with van der Waals surface area (Å²) in [5.41, 5.74) is 2.07. The number of aromatic carboxylic acids is 1. The van der Waals surface area contributed by atoms with Crippen LogP contribution in [-0.4, -0.2) is 15.6 Å². The number of aromatic nitrogens is 1. The van der Waals surface area contributed by atoms with Gasteiger partial charge in [0, 0.05) is 22.4 Å². The fourth-order valence-corrected chi connectivity index (χ4v) is 2.61. The van der Waals surface area contributed by atoms with Crippen molar-refractivity contribution in [3.63, 3.8) is 0 Å². The second-order valence-electron chi connectivity index (χ2n) is 3.47. The zero-order valence-corrected chi connectivity index (χ0v) is 10.00. The third-order valence-corrected chi connectivity index (χ3v) is 3.28. The molecule has 0 saturated carbocycles. The van der Waals surface area contributed by atoms with E-state index in [0.717, 1.165) is 20.9 Å². The van der Waals surface area contributed by atoms with Gasteiger partial charge in [-0.05, 0) is 24.6 Å². The van der Waals surface area contributed by atoms with E-state index in [1.165, 1.54) is 0 Å². The molecule has 1 aromatic carbocycles. The van der Waals surface area contributed by atoms with Crippen LogP contribution in [-0.2, 0) is 7.05 Å². The van der Waals surface area contributed by atoms with E-state index < -0.39 is 5.97 Å². The van der Waals surface area contributed by atoms with E-state index in [2.05, 4.69) is 15.9 Å². The molecule has 0 aliphatic rings. The van der Waals surface area contributed by atoms with Crippen molar-refractivity contribution in [2.24, 2.45) is 7.05 Å². The number of nitrogens with zero attached hydrogens (tertiary/aromatic N) is 1. The number of halogens is 1. The lowest BCUT2D eigenvalue weighted by molar-refractivity contribution is 0.0686. The van der Waals surface area contributed by atoms with Gasteiger partial charge in [-0.15, -0.1) is 0 Å². The first-order chi connectivity index (χ1) is 7.04. The van der Waals surface area contributed by atoms with Gasteiger partial charge in [0.25, 0.3) is 0 Å². The number of hydrogen-bond acceptors (Lipinski definition) is 1. The predicted octanol–water partition coefficient (Wildman–Crippen LogP) is 2.95. The molecule has 1 aromatic heterocycles. The van der Waals surface area contributed by atoms with Crippen molar-refractivity contribution in [3.8, 4) is 0 Å². The SMILES string of the molecule is Cc1c(C(=O)O)n(C)c2cccc(Br)c12. The van der Waals surface area contributed by atoms with Crippen LogP contribution in [0.15, 0.2) is 22.7 Å². The van der Waals surface area contributed by atoms with E-state index in [9.17, 15) is 4.79 Å². The van der Waals surface area contributed by atoms with Gasteiger partial charge >= 0.3 is 5.97 Å². The molecule has 1 heterocycles. The smallest absolute Gasteiger partial charge is 0.352 e. The number of carbonyl (C=O) groups is 1. The number of carboxylic acid groups (broad SMARTS) is 1. The van der Waals surface area contributed by atoms with E-state index in [0.29, 0.717) is 5.69 Å². The standard InChI is InChI=1S/C11H10BrNO2/c1-6-9-7(12)4-3-5-8(9)13(2)10(6)11(14)15/h3-5H,1-2H3,(H,14,15). The Morgan fingerprint density at radius 3 is 2.67 bits per heavy atom. The first kappa shape index (κ1) is 10.2. The summed E-state index contributed by atoms with van der Waals surface area (Å²) in [5.74, 6) is -0.891. The molecule has 0 amide bonds. The van der Waals surface area contributed by atoms with Gasteiger partial charge in [0.1, 0.15) is 5.69 Å². The first-order valence-electron chi connectivity index (χ1n) is 4.51. The second-order valence-corrected chi connectivity index (χ2v) is 4.33. The average molecular weight is 268 g/mol. The molecule has 0 unspecified atom stereocenters. The zero-order chi connectivity index (χ0) is 11.2. The maximum atomic E-state index is 11.1. The van der Waals surface area contributed by atoms with E-state index in [-0.39, 0.29) is 0 Å². The molecule has 0 atom stereocenters. The molecular formula is C11H10BrNO2. The molecule has 0 aliphatic heterocycles. The molecule has 0 aliphatic carbocycles. The van der Waals surface area contributed by atoms with Crippen molar-refractivity contribution >= 4 is 32.8 Å². The molecule has 15 heavy (non-hydrogen) atoms. The van der Waals surface area contributed by atoms with Crippen LogP contribution in [0.3, 0.4) is 0 Å². The van der Waals surface area contributed by atoms with Gasteiger partial charge in [-0.2, -0.15) is 0 Å². The Balaban J connectivity index is 2.98. The van der Waals surface area contributed by atoms with E-state index in [1.54, 1.807) is 11.6 Å². The number of hydrogen-bond donors (Lipinski definition) is 1. The highest BCUT2D eigenvalue weighted by atomic mass is 79.9. The molecule has 0 fully saturated rings. The predicted molar refractivity (Wildman–Crippen MR) is 62.3 cm³/mol. The second kappa shape index (κ2) is 3.38. The third-order valence-electron chi connectivity index (χ3n) is 2.62. The number of fused-ring (bicyclic) bond motifs is 1. The molecule has 78 valence electrons. The van der Waals surface area contributed by atoms with Gasteiger partial charge in [-0.1, -0.05) is 22.0 Å². The van der Waals surface area contributed by atoms with Gasteiger partial charge in [0.05, 0.1) is 0 Å². The highest BCUT2D eigenvalue weighted by Crippen LogP contribution is 2.30. The largest absolute Gasteiger partial charge is 0.477 e. The Kier molecular flexibility index (Phi) is 2.31. The molecule has 2 aromatic rings. The van der Waals surface area contributed by atoms with Crippen LogP contribution >= 0.6 is 15.9 Å². The molecule has 0 radical (unpaired) electrons. The lowest BCUT2D eigenvalue weighted by Crippen LogP contribution is -2.05. The van der Waals surface area contributed by atoms with Crippen LogP contribution in [0.5, 0.6) is 0 Å². The van der Waals surface area contributed by atoms with Gasteiger partial charge in [-0.25, -0.2) is 4.79 Å². The van der Waals surface area contributed by atoms with Crippen molar-refractivity contribution in [2.75, 3.05) is 0 Å². The highest BCUT2D eigenvalue weighted by Gasteiger charge is 2.18. The van der Waals surface area contributed by atoms with E-state index >= 15 is 0 Å². The number of rotatable bonds is 1. The molecule has 3 nitrogen and oxygen atoms in total. The van der Waals surface area contributed by atoms with Crippen LogP contribution in [0, 0.1) is 6.92 Å². The normalized spacial score (nSPS) is 10.9. The fourth-order valence-electron chi connectivity index (χ4n) is 1.96. The van der Waals surface area contributed by atoms with Crippen LogP contribution < -0.4 is 0 Å². The van der Waals surface area contributed by atoms with Crippen molar-refractivity contribution in [2.45, 2.75) is 6.92 Å². The summed E-state index contributed by atoms with van der Waals surface area (Å²) in [5, 5.41) is 10.1. The Morgan fingerprint density at radius 2 is 2.13 bits per heavy atom. The van der Waals surface area contributed by atoms with Crippen LogP contribution in [0.4, 0.5) is 0 Å². The first-order valence-corrected chi connectivity index (χ1v) is 5.30. The molecule has 0 bridgehead atoms. The van der Waals surface area contributed by atoms with E-state index in [1.807, 2.05) is 25.1 Å². The van der Waals surface area contributed by atoms with Crippen molar-refractivity contribution in [1.82, 2.24) is 4.57 Å². The summed E-state index contributed by atoms with van der Waals surface area (Å²) in [6, 6.07) is 5.73. The summed E-state index contributed by atoms with van der Waals surface area (Å²) in [7, 11) is 1.77. The molecule has 4 heteroatoms. The zero-order valence-electron chi connectivity index (χ0n) is 8.41. The minimum absolute atomic E-state index is 0.344. The van der Waals surface area contributed by atoms with Crippen molar-refractivity contribution in [1.29, 1.82) is 0 Å². The monoisotopic (exact) mass is 267 g/mol. The molecular weight excluding hydrogens is 258 g/mol. The topological polar surface area (TPSA) is 42.2 Å². The molecule has 0 spiro atoms. The number of aryl methyl sites for hydroxylation is 2. The van der Waals surface area contributed by atoms with Gasteiger partial charge in [0.15, 0.2) is 0 Å². The van der Waals surface area contributed by atoms with Gasteiger partial charge in [-0.3, -0.25) is 0 Å². The molecule has 2 rings (SSSR count). The lowest BCUT2D eigenvalue weighted by Gasteiger charge is -1.98. The lowest BCUT2D eigenvalue weighted by atomic mass is 10.1. The number of carboxylic acids is 1. The molecule has 1 N–H and O–H groups in total. The van der Waals surface area contributed by atoms with E-state index in [4.69, 9.17) is 5.11 Å². The maximum Gasteiger partial charge on any atom is 0.352 e. The maximum absolute atomic E-state index is 11.1. The summed E-state index contributed by atoms with van der Waals surface area (Å²) in [6.07, 6.45) is 0. The van der Waals surface area contributed by atoms with Crippen molar-refractivity contribution < 1.29 is 9.90 Å². The quantitative estimate of drug-likeness (QED) is 0.863. The average Bonchev–Trinajstić information content (AvgIpc) is 2.40. The summed E-state index contributed by atoms with van der Waals surface area (Å²) in [6.45, 7) is 1.83. The third kappa shape index (κ3) is 1.36. The van der Waals surface area contributed by atoms with Crippen LogP contribution in [0.25, 0.3) is 10.9 Å². The Labute approximate surface area is 95.5 Å². The highest BCUT2D eigenvalue weighted by molar-refractivity contribution is 9.10. The fraction of sp³-hybridized carbons (Fsp3) is 0.182. The minimum Gasteiger partial charge on any atom is -0.477 e. The van der Waals surface area contributed by atoms with Crippen LogP contribution in [0.2, 0.25) is 0 Å². The minimum atomic E-state index is -0.891. The Morgan fingerprint density at radius 1 is 1.47 bits per heavy atom. The van der Waals surface area contributed by atoms with Gasteiger partial charge < -0.3 is 9.67 Å². The Hall–Kier alpha value is -1.29. The summed E-state index contributed by atoms with van der Waals surface area (Å²) < 4.78 is 2.64. The molecule has 0 saturated heterocycles. The summed E-state index contributed by atoms with van der Waals surface area (Å²) >= 11 is 3.44. The number of benzene rings is 1. The van der Waals surface area contributed by atoms with Gasteiger partial charge in [0.2, 0.25) is 0 Å². The van der Waals surface area contributed by atoms with Crippen LogP contribution in [0.1, 0.15) is 16.1 Å².